The van der Waals surface area contributed by atoms with Gasteiger partial charge in [0.25, 0.3) is 5.56 Å². The maximum Gasteiger partial charge on any atom is 0.266 e. The summed E-state index contributed by atoms with van der Waals surface area (Å²) in [5, 5.41) is 0.455. The summed E-state index contributed by atoms with van der Waals surface area (Å²) in [6.45, 7) is 4.00. The van der Waals surface area contributed by atoms with Crippen LogP contribution < -0.4 is 15.0 Å². The van der Waals surface area contributed by atoms with E-state index in [-0.39, 0.29) is 5.56 Å². The van der Waals surface area contributed by atoms with Gasteiger partial charge in [0.05, 0.1) is 18.2 Å². The van der Waals surface area contributed by atoms with E-state index in [1.165, 1.54) is 0 Å². The van der Waals surface area contributed by atoms with Gasteiger partial charge in [-0.2, -0.15) is 0 Å². The zero-order valence-electron chi connectivity index (χ0n) is 16.0. The van der Waals surface area contributed by atoms with Crippen molar-refractivity contribution in [1.82, 2.24) is 9.55 Å². The number of rotatable bonds is 6. The summed E-state index contributed by atoms with van der Waals surface area (Å²) in [6, 6.07) is 22.6. The van der Waals surface area contributed by atoms with Crippen LogP contribution in [0.5, 0.6) is 11.5 Å². The average molecular weight is 384 g/mol. The fraction of sp³-hybridized carbons (Fsp3) is 0.0833. The van der Waals surface area contributed by atoms with Crippen molar-refractivity contribution < 1.29 is 9.47 Å². The molecule has 0 bridgehead atoms. The third kappa shape index (κ3) is 3.38. The van der Waals surface area contributed by atoms with Crippen LogP contribution in [0.4, 0.5) is 0 Å². The van der Waals surface area contributed by atoms with Crippen molar-refractivity contribution in [3.8, 4) is 28.6 Å². The maximum atomic E-state index is 13.5. The van der Waals surface area contributed by atoms with Crippen LogP contribution in [0.15, 0.2) is 90.2 Å². The van der Waals surface area contributed by atoms with E-state index < -0.39 is 0 Å². The molecule has 0 atom stereocenters. The van der Waals surface area contributed by atoms with Crippen molar-refractivity contribution in [3.63, 3.8) is 0 Å². The zero-order chi connectivity index (χ0) is 20.2. The lowest BCUT2D eigenvalue weighted by Crippen LogP contribution is -2.22. The monoisotopic (exact) mass is 384 g/mol. The molecule has 0 amide bonds. The van der Waals surface area contributed by atoms with Gasteiger partial charge in [0.1, 0.15) is 17.9 Å². The minimum Gasteiger partial charge on any atom is -0.491 e. The highest BCUT2D eigenvalue weighted by molar-refractivity contribution is 5.88. The summed E-state index contributed by atoms with van der Waals surface area (Å²) in [5.41, 5.74) is 1.87. The minimum atomic E-state index is -0.173. The first kappa shape index (κ1) is 18.5. The van der Waals surface area contributed by atoms with Crippen LogP contribution in [0, 0.1) is 0 Å². The molecule has 0 aliphatic carbocycles. The zero-order valence-corrected chi connectivity index (χ0v) is 16.0. The third-order valence-electron chi connectivity index (χ3n) is 4.57. The van der Waals surface area contributed by atoms with E-state index in [1.807, 2.05) is 60.7 Å². The second kappa shape index (κ2) is 8.02. The summed E-state index contributed by atoms with van der Waals surface area (Å²) in [7, 11) is 1.54. The Balaban J connectivity index is 2.08. The molecule has 0 unspecified atom stereocenters. The van der Waals surface area contributed by atoms with E-state index in [0.717, 1.165) is 11.3 Å². The molecule has 0 radical (unpaired) electrons. The highest BCUT2D eigenvalue weighted by Gasteiger charge is 2.19. The Morgan fingerprint density at radius 1 is 1.00 bits per heavy atom. The number of hydrogen-bond acceptors (Lipinski definition) is 4. The quantitative estimate of drug-likeness (QED) is 0.455. The summed E-state index contributed by atoms with van der Waals surface area (Å²) in [6.07, 6.45) is 1.65. The molecule has 5 heteroatoms. The number of fused-ring (bicyclic) bond motifs is 1. The van der Waals surface area contributed by atoms with Crippen molar-refractivity contribution in [2.45, 2.75) is 0 Å². The molecular weight excluding hydrogens is 364 g/mol. The Labute approximate surface area is 168 Å². The smallest absolute Gasteiger partial charge is 0.266 e. The summed E-state index contributed by atoms with van der Waals surface area (Å²) in [5.74, 6) is 1.48. The van der Waals surface area contributed by atoms with Crippen LogP contribution in [0.2, 0.25) is 0 Å². The number of methoxy groups -OCH3 is 1. The number of para-hydroxylation sites is 1. The van der Waals surface area contributed by atoms with Gasteiger partial charge in [0, 0.05) is 5.56 Å². The van der Waals surface area contributed by atoms with E-state index in [9.17, 15) is 4.79 Å². The number of hydrogen-bond donors (Lipinski definition) is 0. The number of aromatic nitrogens is 2. The molecule has 0 spiro atoms. The standard InChI is InChI=1S/C24H20N2O3/c1-3-16-29-20-15-14-19-21(22(20)28-2)25-23(17-10-6-4-7-11-17)26(24(19)27)18-12-8-5-9-13-18/h3-15H,1,16H2,2H3. The van der Waals surface area contributed by atoms with Gasteiger partial charge in [-0.3, -0.25) is 9.36 Å². The highest BCUT2D eigenvalue weighted by Crippen LogP contribution is 2.35. The Kier molecular flexibility index (Phi) is 5.12. The van der Waals surface area contributed by atoms with Gasteiger partial charge in [-0.1, -0.05) is 61.2 Å². The Hall–Kier alpha value is -3.86. The normalized spacial score (nSPS) is 10.7. The SMILES string of the molecule is C=CCOc1ccc2c(=O)n(-c3ccccc3)c(-c3ccccc3)nc2c1OC. The predicted molar refractivity (Wildman–Crippen MR) is 115 cm³/mol. The van der Waals surface area contributed by atoms with E-state index in [2.05, 4.69) is 6.58 Å². The van der Waals surface area contributed by atoms with Crippen molar-refractivity contribution in [2.24, 2.45) is 0 Å². The van der Waals surface area contributed by atoms with E-state index in [4.69, 9.17) is 14.5 Å². The van der Waals surface area contributed by atoms with Crippen LogP contribution in [-0.2, 0) is 0 Å². The second-order valence-electron chi connectivity index (χ2n) is 6.37. The van der Waals surface area contributed by atoms with Crippen LogP contribution in [0.1, 0.15) is 0 Å². The predicted octanol–water partition coefficient (Wildman–Crippen LogP) is 4.63. The lowest BCUT2D eigenvalue weighted by Gasteiger charge is -2.16. The fourth-order valence-electron chi connectivity index (χ4n) is 3.27. The number of benzene rings is 3. The van der Waals surface area contributed by atoms with Gasteiger partial charge in [-0.25, -0.2) is 4.98 Å². The second-order valence-corrected chi connectivity index (χ2v) is 6.37. The first-order chi connectivity index (χ1) is 14.2. The fourth-order valence-corrected chi connectivity index (χ4v) is 3.27. The first-order valence-corrected chi connectivity index (χ1v) is 9.23. The van der Waals surface area contributed by atoms with Crippen molar-refractivity contribution >= 4 is 10.9 Å². The molecule has 5 nitrogen and oxygen atoms in total. The Morgan fingerprint density at radius 3 is 2.34 bits per heavy atom. The minimum absolute atomic E-state index is 0.173. The van der Waals surface area contributed by atoms with Gasteiger partial charge in [0.2, 0.25) is 0 Å². The summed E-state index contributed by atoms with van der Waals surface area (Å²) >= 11 is 0. The van der Waals surface area contributed by atoms with Crippen LogP contribution >= 0.6 is 0 Å². The van der Waals surface area contributed by atoms with E-state index >= 15 is 0 Å². The van der Waals surface area contributed by atoms with Gasteiger partial charge < -0.3 is 9.47 Å². The van der Waals surface area contributed by atoms with Crippen molar-refractivity contribution in [3.05, 3.63) is 95.8 Å². The average Bonchev–Trinajstić information content (AvgIpc) is 2.78. The molecule has 0 fully saturated rings. The lowest BCUT2D eigenvalue weighted by molar-refractivity contribution is 0.328. The van der Waals surface area contributed by atoms with Gasteiger partial charge >= 0.3 is 0 Å². The molecule has 1 aromatic heterocycles. The van der Waals surface area contributed by atoms with Gasteiger partial charge in [-0.15, -0.1) is 0 Å². The van der Waals surface area contributed by atoms with Crippen LogP contribution in [0.3, 0.4) is 0 Å². The molecular formula is C24H20N2O3. The molecule has 0 aliphatic heterocycles. The van der Waals surface area contributed by atoms with E-state index in [1.54, 1.807) is 29.9 Å². The molecule has 0 N–H and O–H groups in total. The maximum absolute atomic E-state index is 13.5. The molecule has 4 rings (SSSR count). The molecule has 29 heavy (non-hydrogen) atoms. The van der Waals surface area contributed by atoms with Crippen molar-refractivity contribution in [1.29, 1.82) is 0 Å². The van der Waals surface area contributed by atoms with Gasteiger partial charge in [-0.05, 0) is 24.3 Å². The van der Waals surface area contributed by atoms with Crippen LogP contribution in [0.25, 0.3) is 28.0 Å². The van der Waals surface area contributed by atoms with Crippen molar-refractivity contribution in [2.75, 3.05) is 13.7 Å². The highest BCUT2D eigenvalue weighted by atomic mass is 16.5. The molecule has 0 saturated carbocycles. The molecule has 144 valence electrons. The van der Waals surface area contributed by atoms with E-state index in [0.29, 0.717) is 34.8 Å². The molecule has 3 aromatic carbocycles. The Morgan fingerprint density at radius 2 is 1.69 bits per heavy atom. The molecule has 0 saturated heterocycles. The molecule has 0 aliphatic rings. The largest absolute Gasteiger partial charge is 0.491 e. The summed E-state index contributed by atoms with van der Waals surface area (Å²) < 4.78 is 12.9. The van der Waals surface area contributed by atoms with Crippen LogP contribution in [-0.4, -0.2) is 23.3 Å². The Bertz CT molecular complexity index is 1220. The van der Waals surface area contributed by atoms with Gasteiger partial charge in [0.15, 0.2) is 11.5 Å². The third-order valence-corrected chi connectivity index (χ3v) is 4.57. The first-order valence-electron chi connectivity index (χ1n) is 9.23. The number of ether oxygens (including phenoxy) is 2. The number of nitrogens with zero attached hydrogens (tertiary/aromatic N) is 2. The molecule has 1 heterocycles. The summed E-state index contributed by atoms with van der Waals surface area (Å²) in [4.78, 5) is 18.4. The lowest BCUT2D eigenvalue weighted by atomic mass is 10.1. The topological polar surface area (TPSA) is 53.4 Å². The molecule has 4 aromatic rings.